The Kier molecular flexibility index (Phi) is 3.99. The average molecular weight is 306 g/mol. The van der Waals surface area contributed by atoms with Crippen molar-refractivity contribution in [2.24, 2.45) is 0 Å². The van der Waals surface area contributed by atoms with Crippen molar-refractivity contribution < 1.29 is 0 Å². The minimum absolute atomic E-state index is 0.612. The SMILES string of the molecule is C=C(Br)CNc1cc(-c2cnc(C)nc2)ncn1. The molecule has 0 aliphatic carbocycles. The molecule has 0 unspecified atom stereocenters. The number of anilines is 1. The largest absolute Gasteiger partial charge is 0.365 e. The van der Waals surface area contributed by atoms with Gasteiger partial charge in [0.1, 0.15) is 18.0 Å². The van der Waals surface area contributed by atoms with Crippen LogP contribution in [-0.2, 0) is 0 Å². The minimum Gasteiger partial charge on any atom is -0.365 e. The summed E-state index contributed by atoms with van der Waals surface area (Å²) in [5.41, 5.74) is 1.65. The highest BCUT2D eigenvalue weighted by atomic mass is 79.9. The van der Waals surface area contributed by atoms with Gasteiger partial charge in [0.15, 0.2) is 0 Å². The lowest BCUT2D eigenvalue weighted by molar-refractivity contribution is 1.05. The smallest absolute Gasteiger partial charge is 0.130 e. The average Bonchev–Trinajstić information content (AvgIpc) is 2.37. The molecule has 0 amide bonds. The number of nitrogens with one attached hydrogen (secondary N) is 1. The monoisotopic (exact) mass is 305 g/mol. The standard InChI is InChI=1S/C12H12BrN5/c1-8(13)4-16-12-3-11(17-7-18-12)10-5-14-9(2)15-6-10/h3,5-7H,1,4H2,2H3,(H,16,17,18). The van der Waals surface area contributed by atoms with Gasteiger partial charge in [-0.1, -0.05) is 22.5 Å². The Morgan fingerprint density at radius 2 is 2.00 bits per heavy atom. The van der Waals surface area contributed by atoms with Gasteiger partial charge >= 0.3 is 0 Å². The lowest BCUT2D eigenvalue weighted by atomic mass is 10.2. The van der Waals surface area contributed by atoms with Crippen LogP contribution < -0.4 is 5.32 Å². The molecule has 2 rings (SSSR count). The number of halogens is 1. The predicted octanol–water partition coefficient (Wildman–Crippen LogP) is 2.56. The molecular weight excluding hydrogens is 294 g/mol. The van der Waals surface area contributed by atoms with Crippen LogP contribution in [0.2, 0.25) is 0 Å². The Morgan fingerprint density at radius 3 is 2.67 bits per heavy atom. The maximum Gasteiger partial charge on any atom is 0.130 e. The van der Waals surface area contributed by atoms with Crippen LogP contribution in [0.25, 0.3) is 11.3 Å². The van der Waals surface area contributed by atoms with E-state index in [1.807, 2.05) is 13.0 Å². The zero-order valence-corrected chi connectivity index (χ0v) is 11.5. The third kappa shape index (κ3) is 3.33. The first-order valence-corrected chi connectivity index (χ1v) is 6.12. The number of rotatable bonds is 4. The van der Waals surface area contributed by atoms with E-state index in [-0.39, 0.29) is 0 Å². The summed E-state index contributed by atoms with van der Waals surface area (Å²) in [5.74, 6) is 1.47. The van der Waals surface area contributed by atoms with E-state index in [9.17, 15) is 0 Å². The Hall–Kier alpha value is -1.82. The summed E-state index contributed by atoms with van der Waals surface area (Å²) in [6.07, 6.45) is 5.00. The van der Waals surface area contributed by atoms with Crippen molar-refractivity contribution in [3.8, 4) is 11.3 Å². The van der Waals surface area contributed by atoms with Crippen LogP contribution in [0.4, 0.5) is 5.82 Å². The molecule has 1 N–H and O–H groups in total. The van der Waals surface area contributed by atoms with Crippen LogP contribution in [0.5, 0.6) is 0 Å². The zero-order valence-electron chi connectivity index (χ0n) is 9.89. The van der Waals surface area contributed by atoms with Crippen LogP contribution in [0.15, 0.2) is 35.8 Å². The highest BCUT2D eigenvalue weighted by Gasteiger charge is 2.03. The van der Waals surface area contributed by atoms with Gasteiger partial charge in [0, 0.05) is 35.1 Å². The molecule has 0 atom stereocenters. The van der Waals surface area contributed by atoms with Crippen LogP contribution in [-0.4, -0.2) is 26.5 Å². The van der Waals surface area contributed by atoms with E-state index < -0.39 is 0 Å². The maximum absolute atomic E-state index is 4.20. The Bertz CT molecular complexity index is 553. The molecule has 0 saturated heterocycles. The molecular formula is C12H12BrN5. The molecule has 92 valence electrons. The molecule has 0 bridgehead atoms. The van der Waals surface area contributed by atoms with Crippen molar-refractivity contribution in [1.82, 2.24) is 19.9 Å². The molecule has 0 aliphatic rings. The second kappa shape index (κ2) is 5.68. The van der Waals surface area contributed by atoms with Crippen LogP contribution in [0.3, 0.4) is 0 Å². The van der Waals surface area contributed by atoms with E-state index in [2.05, 4.69) is 47.8 Å². The third-order valence-corrected chi connectivity index (χ3v) is 2.49. The molecule has 18 heavy (non-hydrogen) atoms. The summed E-state index contributed by atoms with van der Waals surface area (Å²) in [6, 6.07) is 1.85. The second-order valence-electron chi connectivity index (χ2n) is 3.68. The van der Waals surface area contributed by atoms with Crippen LogP contribution in [0, 0.1) is 6.92 Å². The van der Waals surface area contributed by atoms with Gasteiger partial charge in [-0.3, -0.25) is 0 Å². The highest BCUT2D eigenvalue weighted by molar-refractivity contribution is 9.11. The lowest BCUT2D eigenvalue weighted by Crippen LogP contribution is -2.03. The van der Waals surface area contributed by atoms with E-state index in [1.165, 1.54) is 6.33 Å². The van der Waals surface area contributed by atoms with Crippen molar-refractivity contribution in [3.05, 3.63) is 41.7 Å². The van der Waals surface area contributed by atoms with Gasteiger partial charge in [0.25, 0.3) is 0 Å². The van der Waals surface area contributed by atoms with Crippen molar-refractivity contribution in [2.45, 2.75) is 6.92 Å². The first-order valence-electron chi connectivity index (χ1n) is 5.33. The van der Waals surface area contributed by atoms with Gasteiger partial charge in [-0.15, -0.1) is 0 Å². The lowest BCUT2D eigenvalue weighted by Gasteiger charge is -2.05. The fraction of sp³-hybridized carbons (Fsp3) is 0.167. The summed E-state index contributed by atoms with van der Waals surface area (Å²) >= 11 is 3.28. The van der Waals surface area contributed by atoms with Crippen molar-refractivity contribution >= 4 is 21.7 Å². The van der Waals surface area contributed by atoms with Gasteiger partial charge in [0.05, 0.1) is 5.69 Å². The number of aryl methyl sites for hydroxylation is 1. The topological polar surface area (TPSA) is 63.6 Å². The molecule has 0 fully saturated rings. The number of hydrogen-bond acceptors (Lipinski definition) is 5. The Labute approximate surface area is 114 Å². The number of nitrogens with zero attached hydrogens (tertiary/aromatic N) is 4. The predicted molar refractivity (Wildman–Crippen MR) is 74.4 cm³/mol. The van der Waals surface area contributed by atoms with Gasteiger partial charge in [0.2, 0.25) is 0 Å². The van der Waals surface area contributed by atoms with Crippen LogP contribution >= 0.6 is 15.9 Å². The number of aromatic nitrogens is 4. The van der Waals surface area contributed by atoms with Crippen LogP contribution in [0.1, 0.15) is 5.82 Å². The zero-order chi connectivity index (χ0) is 13.0. The van der Waals surface area contributed by atoms with E-state index >= 15 is 0 Å². The fourth-order valence-electron chi connectivity index (χ4n) is 1.32. The Morgan fingerprint density at radius 1 is 1.28 bits per heavy atom. The summed E-state index contributed by atoms with van der Waals surface area (Å²) in [4.78, 5) is 16.6. The minimum atomic E-state index is 0.612. The molecule has 0 radical (unpaired) electrons. The quantitative estimate of drug-likeness (QED) is 0.940. The van der Waals surface area contributed by atoms with Gasteiger partial charge in [-0.05, 0) is 6.92 Å². The van der Waals surface area contributed by atoms with E-state index in [0.717, 1.165) is 27.4 Å². The summed E-state index contributed by atoms with van der Waals surface area (Å²) in [7, 11) is 0. The molecule has 2 aromatic heterocycles. The first kappa shape index (κ1) is 12.6. The first-order chi connectivity index (χ1) is 8.65. The molecule has 6 heteroatoms. The van der Waals surface area contributed by atoms with E-state index in [4.69, 9.17) is 0 Å². The van der Waals surface area contributed by atoms with Crippen molar-refractivity contribution in [2.75, 3.05) is 11.9 Å². The fourth-order valence-corrected chi connectivity index (χ4v) is 1.46. The molecule has 2 aromatic rings. The van der Waals surface area contributed by atoms with Gasteiger partial charge in [-0.25, -0.2) is 19.9 Å². The molecule has 0 aromatic carbocycles. The second-order valence-corrected chi connectivity index (χ2v) is 4.80. The summed E-state index contributed by atoms with van der Waals surface area (Å²) in [5, 5.41) is 3.13. The normalized spacial score (nSPS) is 10.1. The number of hydrogen-bond donors (Lipinski definition) is 1. The highest BCUT2D eigenvalue weighted by Crippen LogP contribution is 2.17. The molecule has 0 aliphatic heterocycles. The van der Waals surface area contributed by atoms with E-state index in [0.29, 0.717) is 6.54 Å². The molecule has 0 saturated carbocycles. The summed E-state index contributed by atoms with van der Waals surface area (Å²) in [6.45, 7) is 6.21. The summed E-state index contributed by atoms with van der Waals surface area (Å²) < 4.78 is 0.862. The molecule has 5 nitrogen and oxygen atoms in total. The van der Waals surface area contributed by atoms with Crippen molar-refractivity contribution in [1.29, 1.82) is 0 Å². The molecule has 2 heterocycles. The van der Waals surface area contributed by atoms with E-state index in [1.54, 1.807) is 12.4 Å². The molecule has 0 spiro atoms. The Balaban J connectivity index is 2.21. The van der Waals surface area contributed by atoms with Gasteiger partial charge < -0.3 is 5.32 Å². The maximum atomic E-state index is 4.20. The van der Waals surface area contributed by atoms with Gasteiger partial charge in [-0.2, -0.15) is 0 Å². The third-order valence-electron chi connectivity index (χ3n) is 2.21. The van der Waals surface area contributed by atoms with Crippen molar-refractivity contribution in [3.63, 3.8) is 0 Å².